The number of pyridine rings is 1. The SMILES string of the molecule is CC(C)Cc1ccc(S(=O)(=O)N2CCC[C@H]2c2nncn2Cc2ccncc2)cc1. The Morgan fingerprint density at radius 2 is 1.80 bits per heavy atom. The van der Waals surface area contributed by atoms with Crippen molar-refractivity contribution in [2.24, 2.45) is 5.92 Å². The van der Waals surface area contributed by atoms with E-state index in [0.29, 0.717) is 29.7 Å². The molecule has 3 heterocycles. The van der Waals surface area contributed by atoms with Crippen LogP contribution in [0.15, 0.2) is 60.0 Å². The topological polar surface area (TPSA) is 81.0 Å². The zero-order valence-corrected chi connectivity index (χ0v) is 18.2. The zero-order valence-electron chi connectivity index (χ0n) is 17.3. The van der Waals surface area contributed by atoms with Gasteiger partial charge in [-0.3, -0.25) is 4.98 Å². The minimum atomic E-state index is -3.61. The molecular weight excluding hydrogens is 398 g/mol. The molecule has 8 heteroatoms. The van der Waals surface area contributed by atoms with E-state index < -0.39 is 10.0 Å². The molecule has 1 aromatic carbocycles. The molecule has 0 saturated carbocycles. The van der Waals surface area contributed by atoms with Crippen LogP contribution in [0.5, 0.6) is 0 Å². The number of rotatable bonds is 7. The maximum absolute atomic E-state index is 13.4. The van der Waals surface area contributed by atoms with Gasteiger partial charge in [-0.05, 0) is 60.6 Å². The Labute approximate surface area is 177 Å². The van der Waals surface area contributed by atoms with Gasteiger partial charge in [-0.25, -0.2) is 8.42 Å². The van der Waals surface area contributed by atoms with E-state index in [0.717, 1.165) is 30.4 Å². The van der Waals surface area contributed by atoms with Gasteiger partial charge >= 0.3 is 0 Å². The normalized spacial score (nSPS) is 17.6. The van der Waals surface area contributed by atoms with Crippen molar-refractivity contribution in [3.8, 4) is 0 Å². The smallest absolute Gasteiger partial charge is 0.243 e. The predicted molar refractivity (Wildman–Crippen MR) is 114 cm³/mol. The molecule has 0 bridgehead atoms. The highest BCUT2D eigenvalue weighted by Gasteiger charge is 2.38. The number of hydrogen-bond acceptors (Lipinski definition) is 5. The van der Waals surface area contributed by atoms with Gasteiger partial charge in [-0.2, -0.15) is 4.31 Å². The van der Waals surface area contributed by atoms with Crippen LogP contribution < -0.4 is 0 Å². The highest BCUT2D eigenvalue weighted by Crippen LogP contribution is 2.36. The van der Waals surface area contributed by atoms with E-state index in [1.54, 1.807) is 35.2 Å². The molecule has 1 saturated heterocycles. The predicted octanol–water partition coefficient (Wildman–Crippen LogP) is 3.45. The van der Waals surface area contributed by atoms with Crippen LogP contribution in [-0.4, -0.2) is 39.0 Å². The van der Waals surface area contributed by atoms with Crippen molar-refractivity contribution in [3.63, 3.8) is 0 Å². The average Bonchev–Trinajstić information content (AvgIpc) is 3.38. The second-order valence-corrected chi connectivity index (χ2v) is 10.1. The summed E-state index contributed by atoms with van der Waals surface area (Å²) in [5.74, 6) is 1.21. The molecule has 0 unspecified atom stereocenters. The maximum atomic E-state index is 13.4. The lowest BCUT2D eigenvalue weighted by Gasteiger charge is -2.24. The summed E-state index contributed by atoms with van der Waals surface area (Å²) in [6, 6.07) is 10.9. The lowest BCUT2D eigenvalue weighted by atomic mass is 10.0. The van der Waals surface area contributed by atoms with E-state index in [9.17, 15) is 8.42 Å². The van der Waals surface area contributed by atoms with Gasteiger partial charge in [-0.15, -0.1) is 10.2 Å². The van der Waals surface area contributed by atoms with Gasteiger partial charge in [0, 0.05) is 18.9 Å². The molecule has 1 atom stereocenters. The molecule has 0 amide bonds. The van der Waals surface area contributed by atoms with Gasteiger partial charge in [0.15, 0.2) is 5.82 Å². The van der Waals surface area contributed by atoms with Crippen LogP contribution in [-0.2, 0) is 23.0 Å². The van der Waals surface area contributed by atoms with Gasteiger partial charge in [0.1, 0.15) is 6.33 Å². The average molecular weight is 426 g/mol. The quantitative estimate of drug-likeness (QED) is 0.579. The highest BCUT2D eigenvalue weighted by atomic mass is 32.2. The molecule has 0 aliphatic carbocycles. The molecule has 30 heavy (non-hydrogen) atoms. The second-order valence-electron chi connectivity index (χ2n) is 8.19. The lowest BCUT2D eigenvalue weighted by Crippen LogP contribution is -2.32. The first-order valence-corrected chi connectivity index (χ1v) is 11.8. The number of nitrogens with zero attached hydrogens (tertiary/aromatic N) is 5. The van der Waals surface area contributed by atoms with E-state index in [1.807, 2.05) is 28.8 Å². The second kappa shape index (κ2) is 8.65. The number of aromatic nitrogens is 4. The van der Waals surface area contributed by atoms with Crippen LogP contribution in [0.3, 0.4) is 0 Å². The molecule has 0 radical (unpaired) electrons. The van der Waals surface area contributed by atoms with E-state index in [1.165, 1.54) is 0 Å². The first-order valence-electron chi connectivity index (χ1n) is 10.3. The fourth-order valence-corrected chi connectivity index (χ4v) is 5.67. The Balaban J connectivity index is 1.59. The number of hydrogen-bond donors (Lipinski definition) is 0. The first kappa shape index (κ1) is 20.7. The van der Waals surface area contributed by atoms with E-state index in [4.69, 9.17) is 0 Å². The molecule has 0 spiro atoms. The lowest BCUT2D eigenvalue weighted by molar-refractivity contribution is 0.374. The van der Waals surface area contributed by atoms with Gasteiger partial charge in [0.05, 0.1) is 17.5 Å². The van der Waals surface area contributed by atoms with Gasteiger partial charge in [0.2, 0.25) is 10.0 Å². The standard InChI is InChI=1S/C22H27N5O2S/c1-17(2)14-18-5-7-20(8-6-18)30(28,29)27-13-3-4-21(27)22-25-24-16-26(22)15-19-9-11-23-12-10-19/h5-12,16-17,21H,3-4,13-15H2,1-2H3/t21-/m0/s1. The fraction of sp³-hybridized carbons (Fsp3) is 0.409. The van der Waals surface area contributed by atoms with Crippen LogP contribution >= 0.6 is 0 Å². The summed E-state index contributed by atoms with van der Waals surface area (Å²) in [5.41, 5.74) is 2.22. The van der Waals surface area contributed by atoms with E-state index in [-0.39, 0.29) is 6.04 Å². The number of sulfonamides is 1. The molecule has 0 N–H and O–H groups in total. The Morgan fingerprint density at radius 1 is 1.07 bits per heavy atom. The Kier molecular flexibility index (Phi) is 5.97. The third kappa shape index (κ3) is 4.29. The Bertz CT molecular complexity index is 1080. The minimum absolute atomic E-state index is 0.310. The van der Waals surface area contributed by atoms with Crippen molar-refractivity contribution in [2.75, 3.05) is 6.54 Å². The molecule has 7 nitrogen and oxygen atoms in total. The third-order valence-electron chi connectivity index (χ3n) is 5.42. The van der Waals surface area contributed by atoms with Crippen molar-refractivity contribution < 1.29 is 8.42 Å². The molecule has 158 valence electrons. The van der Waals surface area contributed by atoms with Crippen LogP contribution in [0.4, 0.5) is 0 Å². The van der Waals surface area contributed by atoms with Crippen molar-refractivity contribution in [1.29, 1.82) is 0 Å². The molecule has 3 aromatic rings. The molecule has 1 fully saturated rings. The van der Waals surface area contributed by atoms with Gasteiger partial charge in [0.25, 0.3) is 0 Å². The van der Waals surface area contributed by atoms with Crippen molar-refractivity contribution in [3.05, 3.63) is 72.1 Å². The fourth-order valence-electron chi connectivity index (χ4n) is 4.02. The summed E-state index contributed by atoms with van der Waals surface area (Å²) < 4.78 is 30.3. The summed E-state index contributed by atoms with van der Waals surface area (Å²) in [5, 5.41) is 8.36. The van der Waals surface area contributed by atoms with Crippen LogP contribution in [0.25, 0.3) is 0 Å². The summed E-state index contributed by atoms with van der Waals surface area (Å²) in [4.78, 5) is 4.38. The maximum Gasteiger partial charge on any atom is 0.243 e. The molecule has 2 aromatic heterocycles. The zero-order chi connectivity index (χ0) is 21.1. The van der Waals surface area contributed by atoms with Gasteiger partial charge in [-0.1, -0.05) is 26.0 Å². The first-order chi connectivity index (χ1) is 14.4. The van der Waals surface area contributed by atoms with Crippen molar-refractivity contribution in [2.45, 2.75) is 50.6 Å². The largest absolute Gasteiger partial charge is 0.312 e. The molecule has 1 aliphatic heterocycles. The van der Waals surface area contributed by atoms with Crippen molar-refractivity contribution >= 4 is 10.0 Å². The highest BCUT2D eigenvalue weighted by molar-refractivity contribution is 7.89. The summed E-state index contributed by atoms with van der Waals surface area (Å²) in [6.45, 7) is 5.38. The Morgan fingerprint density at radius 3 is 2.50 bits per heavy atom. The van der Waals surface area contributed by atoms with Crippen LogP contribution in [0.2, 0.25) is 0 Å². The Hall–Kier alpha value is -2.58. The summed E-state index contributed by atoms with van der Waals surface area (Å²) >= 11 is 0. The third-order valence-corrected chi connectivity index (χ3v) is 7.35. The molecular formula is C22H27N5O2S. The minimum Gasteiger partial charge on any atom is -0.312 e. The van der Waals surface area contributed by atoms with Crippen LogP contribution in [0, 0.1) is 5.92 Å². The number of benzene rings is 1. The summed E-state index contributed by atoms with van der Waals surface area (Å²) in [7, 11) is -3.61. The monoisotopic (exact) mass is 425 g/mol. The van der Waals surface area contributed by atoms with Crippen molar-refractivity contribution in [1.82, 2.24) is 24.1 Å². The van der Waals surface area contributed by atoms with Gasteiger partial charge < -0.3 is 4.57 Å². The summed E-state index contributed by atoms with van der Waals surface area (Å²) in [6.07, 6.45) is 7.63. The van der Waals surface area contributed by atoms with E-state index in [2.05, 4.69) is 29.0 Å². The van der Waals surface area contributed by atoms with Crippen LogP contribution in [0.1, 0.15) is 49.7 Å². The van der Waals surface area contributed by atoms with E-state index >= 15 is 0 Å². The molecule has 1 aliphatic rings. The molecule has 4 rings (SSSR count).